The average Bonchev–Trinajstić information content (AvgIpc) is 2.41. The van der Waals surface area contributed by atoms with E-state index < -0.39 is 0 Å². The number of benzene rings is 1. The van der Waals surface area contributed by atoms with Crippen molar-refractivity contribution in [2.45, 2.75) is 13.3 Å². The van der Waals surface area contributed by atoms with Gasteiger partial charge in [0.15, 0.2) is 0 Å². The lowest BCUT2D eigenvalue weighted by Crippen LogP contribution is -2.05. The van der Waals surface area contributed by atoms with E-state index in [0.29, 0.717) is 11.6 Å². The summed E-state index contributed by atoms with van der Waals surface area (Å²) in [6, 6.07) is 9.02. The molecule has 5 nitrogen and oxygen atoms in total. The highest BCUT2D eigenvalue weighted by Gasteiger charge is 2.10. The monoisotopic (exact) mass is 258 g/mol. The minimum Gasteiger partial charge on any atom is -0.469 e. The van der Waals surface area contributed by atoms with Crippen molar-refractivity contribution < 1.29 is 14.3 Å². The molecule has 0 spiro atoms. The van der Waals surface area contributed by atoms with Crippen LogP contribution >= 0.6 is 0 Å². The van der Waals surface area contributed by atoms with E-state index in [9.17, 15) is 4.79 Å². The predicted molar refractivity (Wildman–Crippen MR) is 69.0 cm³/mol. The van der Waals surface area contributed by atoms with Gasteiger partial charge in [-0.1, -0.05) is 18.2 Å². The summed E-state index contributed by atoms with van der Waals surface area (Å²) in [5.41, 5.74) is 1.57. The molecule has 0 fully saturated rings. The molecule has 5 heteroatoms. The van der Waals surface area contributed by atoms with Gasteiger partial charge in [-0.2, -0.15) is 0 Å². The average molecular weight is 258 g/mol. The first-order valence-electron chi connectivity index (χ1n) is 5.80. The minimum atomic E-state index is -0.310. The van der Waals surface area contributed by atoms with Crippen LogP contribution in [0.5, 0.6) is 11.6 Å². The van der Waals surface area contributed by atoms with Gasteiger partial charge in [-0.15, -0.1) is 0 Å². The first kappa shape index (κ1) is 13.0. The number of aryl methyl sites for hydroxylation is 1. The lowest BCUT2D eigenvalue weighted by molar-refractivity contribution is -0.139. The van der Waals surface area contributed by atoms with Crippen molar-refractivity contribution in [2.75, 3.05) is 7.11 Å². The minimum absolute atomic E-state index is 0.163. The number of carbonyl (C=O) groups is 1. The summed E-state index contributed by atoms with van der Waals surface area (Å²) in [6.45, 7) is 1.86. The molecule has 2 aromatic rings. The van der Waals surface area contributed by atoms with Gasteiger partial charge < -0.3 is 9.47 Å². The molecule has 1 heterocycles. The second kappa shape index (κ2) is 5.95. The van der Waals surface area contributed by atoms with Crippen LogP contribution in [0.15, 0.2) is 36.7 Å². The number of ether oxygens (including phenoxy) is 2. The summed E-state index contributed by atoms with van der Waals surface area (Å²) in [6.07, 6.45) is 1.60. The molecule has 98 valence electrons. The molecule has 19 heavy (non-hydrogen) atoms. The Morgan fingerprint density at radius 2 is 2.05 bits per heavy atom. The molecule has 0 radical (unpaired) electrons. The van der Waals surface area contributed by atoms with E-state index in [0.717, 1.165) is 11.3 Å². The van der Waals surface area contributed by atoms with E-state index in [2.05, 4.69) is 14.7 Å². The van der Waals surface area contributed by atoms with Crippen LogP contribution in [-0.4, -0.2) is 23.0 Å². The molecule has 1 aromatic heterocycles. The number of para-hydroxylation sites is 1. The summed E-state index contributed by atoms with van der Waals surface area (Å²) in [5, 5.41) is 0. The third-order valence-corrected chi connectivity index (χ3v) is 2.53. The third kappa shape index (κ3) is 3.51. The first-order valence-corrected chi connectivity index (χ1v) is 5.80. The maximum Gasteiger partial charge on any atom is 0.310 e. The lowest BCUT2D eigenvalue weighted by atomic mass is 10.1. The van der Waals surface area contributed by atoms with Crippen molar-refractivity contribution in [3.63, 3.8) is 0 Å². The molecule has 0 atom stereocenters. The van der Waals surface area contributed by atoms with E-state index in [-0.39, 0.29) is 12.4 Å². The maximum atomic E-state index is 11.3. The molecule has 0 aliphatic heterocycles. The second-order valence-corrected chi connectivity index (χ2v) is 3.96. The van der Waals surface area contributed by atoms with Gasteiger partial charge in [0, 0.05) is 17.3 Å². The number of hydrogen-bond acceptors (Lipinski definition) is 5. The van der Waals surface area contributed by atoms with Crippen LogP contribution < -0.4 is 4.74 Å². The number of aromatic nitrogens is 2. The van der Waals surface area contributed by atoms with Crippen LogP contribution in [-0.2, 0) is 16.0 Å². The Morgan fingerprint density at radius 3 is 2.79 bits per heavy atom. The Balaban J connectivity index is 2.22. The van der Waals surface area contributed by atoms with Crippen molar-refractivity contribution in [1.82, 2.24) is 9.97 Å². The topological polar surface area (TPSA) is 61.3 Å². The largest absolute Gasteiger partial charge is 0.469 e. The van der Waals surface area contributed by atoms with Crippen molar-refractivity contribution in [2.24, 2.45) is 0 Å². The Labute approximate surface area is 111 Å². The smallest absolute Gasteiger partial charge is 0.310 e. The molecule has 1 aromatic carbocycles. The van der Waals surface area contributed by atoms with E-state index in [1.165, 1.54) is 13.4 Å². The standard InChI is InChI=1S/C14H14N2O3/c1-10-7-13(16-9-15-10)19-12-6-4-3-5-11(12)8-14(17)18-2/h3-7,9H,8H2,1-2H3. The highest BCUT2D eigenvalue weighted by atomic mass is 16.5. The fourth-order valence-electron chi connectivity index (χ4n) is 1.58. The number of carbonyl (C=O) groups excluding carboxylic acids is 1. The Bertz CT molecular complexity index is 584. The molecule has 0 unspecified atom stereocenters. The molecule has 0 saturated heterocycles. The summed E-state index contributed by atoms with van der Waals surface area (Å²) in [4.78, 5) is 19.4. The number of hydrogen-bond donors (Lipinski definition) is 0. The first-order chi connectivity index (χ1) is 9.19. The van der Waals surface area contributed by atoms with Crippen LogP contribution in [0.4, 0.5) is 0 Å². The van der Waals surface area contributed by atoms with Crippen molar-refractivity contribution in [3.05, 3.63) is 47.9 Å². The van der Waals surface area contributed by atoms with Gasteiger partial charge >= 0.3 is 5.97 Å². The molecule has 2 rings (SSSR count). The van der Waals surface area contributed by atoms with Crippen molar-refractivity contribution >= 4 is 5.97 Å². The van der Waals surface area contributed by atoms with Gasteiger partial charge in [0.1, 0.15) is 12.1 Å². The van der Waals surface area contributed by atoms with Gasteiger partial charge in [0.25, 0.3) is 0 Å². The zero-order chi connectivity index (χ0) is 13.7. The normalized spacial score (nSPS) is 10.0. The molecular formula is C14H14N2O3. The summed E-state index contributed by atoms with van der Waals surface area (Å²) in [7, 11) is 1.36. The van der Waals surface area contributed by atoms with E-state index in [1.807, 2.05) is 25.1 Å². The Morgan fingerprint density at radius 1 is 1.26 bits per heavy atom. The molecule has 0 aliphatic rings. The van der Waals surface area contributed by atoms with Crippen LogP contribution in [0.2, 0.25) is 0 Å². The third-order valence-electron chi connectivity index (χ3n) is 2.53. The quantitative estimate of drug-likeness (QED) is 0.787. The number of esters is 1. The van der Waals surface area contributed by atoms with Crippen LogP contribution in [0.1, 0.15) is 11.3 Å². The summed E-state index contributed by atoms with van der Waals surface area (Å²) < 4.78 is 10.3. The molecule has 0 N–H and O–H groups in total. The predicted octanol–water partition coefficient (Wildman–Crippen LogP) is 2.29. The summed E-state index contributed by atoms with van der Waals surface area (Å²) in [5.74, 6) is 0.728. The second-order valence-electron chi connectivity index (χ2n) is 3.96. The molecule has 0 bridgehead atoms. The van der Waals surface area contributed by atoms with Crippen molar-refractivity contribution in [3.8, 4) is 11.6 Å². The van der Waals surface area contributed by atoms with E-state index in [1.54, 1.807) is 12.1 Å². The molecular weight excluding hydrogens is 244 g/mol. The van der Waals surface area contributed by atoms with Crippen LogP contribution in [0.25, 0.3) is 0 Å². The maximum absolute atomic E-state index is 11.3. The lowest BCUT2D eigenvalue weighted by Gasteiger charge is -2.09. The van der Waals surface area contributed by atoms with E-state index in [4.69, 9.17) is 4.74 Å². The molecule has 0 saturated carbocycles. The van der Waals surface area contributed by atoms with Crippen LogP contribution in [0, 0.1) is 6.92 Å². The zero-order valence-corrected chi connectivity index (χ0v) is 10.8. The van der Waals surface area contributed by atoms with Gasteiger partial charge in [0.2, 0.25) is 5.88 Å². The van der Waals surface area contributed by atoms with Crippen molar-refractivity contribution in [1.29, 1.82) is 0 Å². The fraction of sp³-hybridized carbons (Fsp3) is 0.214. The molecule has 0 amide bonds. The Kier molecular flexibility index (Phi) is 4.07. The molecule has 0 aliphatic carbocycles. The van der Waals surface area contributed by atoms with Gasteiger partial charge in [-0.3, -0.25) is 4.79 Å². The number of methoxy groups -OCH3 is 1. The number of nitrogens with zero attached hydrogens (tertiary/aromatic N) is 2. The zero-order valence-electron chi connectivity index (χ0n) is 10.8. The van der Waals surface area contributed by atoms with Gasteiger partial charge in [-0.25, -0.2) is 9.97 Å². The highest BCUT2D eigenvalue weighted by molar-refractivity contribution is 5.73. The number of rotatable bonds is 4. The fourth-order valence-corrected chi connectivity index (χ4v) is 1.58. The van der Waals surface area contributed by atoms with Gasteiger partial charge in [0.05, 0.1) is 13.5 Å². The summed E-state index contributed by atoms with van der Waals surface area (Å²) >= 11 is 0. The van der Waals surface area contributed by atoms with Gasteiger partial charge in [-0.05, 0) is 13.0 Å². The Hall–Kier alpha value is -2.43. The highest BCUT2D eigenvalue weighted by Crippen LogP contribution is 2.24. The SMILES string of the molecule is COC(=O)Cc1ccccc1Oc1cc(C)ncn1. The van der Waals surface area contributed by atoms with Crippen LogP contribution in [0.3, 0.4) is 0 Å². The van der Waals surface area contributed by atoms with E-state index >= 15 is 0 Å².